The molecule has 0 saturated carbocycles. The Morgan fingerprint density at radius 3 is 2.82 bits per heavy atom. The highest BCUT2D eigenvalue weighted by molar-refractivity contribution is 5.86. The van der Waals surface area contributed by atoms with E-state index in [2.05, 4.69) is 6.58 Å². The molecule has 0 aromatic carbocycles. The summed E-state index contributed by atoms with van der Waals surface area (Å²) in [5.74, 6) is -0.315. The first-order valence-electron chi connectivity index (χ1n) is 6.22. The lowest BCUT2D eigenvalue weighted by Gasteiger charge is -2.09. The van der Waals surface area contributed by atoms with Crippen molar-refractivity contribution in [3.63, 3.8) is 0 Å². The lowest BCUT2D eigenvalue weighted by atomic mass is 10.2. The largest absolute Gasteiger partial charge is 0.462 e. The second kappa shape index (κ2) is 8.25. The molecule has 0 bridgehead atoms. The summed E-state index contributed by atoms with van der Waals surface area (Å²) < 4.78 is 15.9. The van der Waals surface area contributed by atoms with Crippen molar-refractivity contribution in [2.24, 2.45) is 0 Å². The van der Waals surface area contributed by atoms with Crippen LogP contribution in [0.1, 0.15) is 32.6 Å². The van der Waals surface area contributed by atoms with E-state index in [1.165, 1.54) is 0 Å². The molecule has 1 unspecified atom stereocenters. The van der Waals surface area contributed by atoms with E-state index in [0.29, 0.717) is 25.4 Å². The van der Waals surface area contributed by atoms with Crippen LogP contribution in [-0.4, -0.2) is 38.5 Å². The number of carbonyl (C=O) groups is 1. The van der Waals surface area contributed by atoms with Crippen LogP contribution in [-0.2, 0) is 19.0 Å². The number of ether oxygens (including phenoxy) is 3. The number of hydrogen-bond donors (Lipinski definition) is 0. The minimum atomic E-state index is -0.315. The molecule has 1 aliphatic rings. The summed E-state index contributed by atoms with van der Waals surface area (Å²) in [6.07, 6.45) is 4.26. The van der Waals surface area contributed by atoms with Gasteiger partial charge in [-0.3, -0.25) is 0 Å². The van der Waals surface area contributed by atoms with Crippen molar-refractivity contribution in [2.75, 3.05) is 26.4 Å². The van der Waals surface area contributed by atoms with Crippen molar-refractivity contribution in [3.8, 4) is 0 Å². The number of carbonyl (C=O) groups excluding carboxylic acids is 1. The number of esters is 1. The predicted octanol–water partition coefficient (Wildman–Crippen LogP) is 2.08. The van der Waals surface area contributed by atoms with Gasteiger partial charge in [0.05, 0.1) is 19.3 Å². The third kappa shape index (κ3) is 6.44. The third-order valence-corrected chi connectivity index (χ3v) is 2.59. The fraction of sp³-hybridized carbons (Fsp3) is 0.769. The van der Waals surface area contributed by atoms with Crippen LogP contribution in [0.2, 0.25) is 0 Å². The molecule has 0 aromatic heterocycles. The Balaban J connectivity index is 1.84. The Morgan fingerprint density at radius 2 is 2.18 bits per heavy atom. The number of unbranched alkanes of at least 4 members (excludes halogenated alkanes) is 1. The molecule has 0 aliphatic carbocycles. The molecule has 0 N–H and O–H groups in total. The second-order valence-electron chi connectivity index (χ2n) is 4.33. The van der Waals surface area contributed by atoms with E-state index in [-0.39, 0.29) is 12.1 Å². The normalized spacial score (nSPS) is 19.2. The Hall–Kier alpha value is -0.870. The van der Waals surface area contributed by atoms with Crippen molar-refractivity contribution in [1.82, 2.24) is 0 Å². The average Bonchev–Trinajstić information content (AvgIpc) is 2.80. The molecule has 17 heavy (non-hydrogen) atoms. The summed E-state index contributed by atoms with van der Waals surface area (Å²) in [6, 6.07) is 0. The lowest BCUT2D eigenvalue weighted by molar-refractivity contribution is -0.139. The monoisotopic (exact) mass is 242 g/mol. The zero-order valence-electron chi connectivity index (χ0n) is 10.6. The highest BCUT2D eigenvalue weighted by Gasteiger charge is 2.14. The van der Waals surface area contributed by atoms with Gasteiger partial charge in [-0.15, -0.1) is 0 Å². The van der Waals surface area contributed by atoms with Crippen LogP contribution >= 0.6 is 0 Å². The number of hydrogen-bond acceptors (Lipinski definition) is 4. The van der Waals surface area contributed by atoms with Gasteiger partial charge in [0.25, 0.3) is 0 Å². The molecule has 0 spiro atoms. The van der Waals surface area contributed by atoms with Crippen LogP contribution in [0, 0.1) is 0 Å². The highest BCUT2D eigenvalue weighted by atomic mass is 16.5. The maximum Gasteiger partial charge on any atom is 0.333 e. The Bertz CT molecular complexity index is 244. The van der Waals surface area contributed by atoms with Crippen LogP contribution in [0.4, 0.5) is 0 Å². The van der Waals surface area contributed by atoms with E-state index in [4.69, 9.17) is 14.2 Å². The van der Waals surface area contributed by atoms with Gasteiger partial charge in [-0.1, -0.05) is 6.58 Å². The minimum Gasteiger partial charge on any atom is -0.462 e. The molecule has 1 aliphatic heterocycles. The van der Waals surface area contributed by atoms with E-state index in [0.717, 1.165) is 32.3 Å². The van der Waals surface area contributed by atoms with Crippen LogP contribution in [0.15, 0.2) is 12.2 Å². The van der Waals surface area contributed by atoms with Gasteiger partial charge in [-0.2, -0.15) is 0 Å². The Kier molecular flexibility index (Phi) is 6.89. The molecule has 4 heteroatoms. The van der Waals surface area contributed by atoms with Gasteiger partial charge >= 0.3 is 5.97 Å². The molecule has 1 heterocycles. The minimum absolute atomic E-state index is 0.288. The smallest absolute Gasteiger partial charge is 0.333 e. The van der Waals surface area contributed by atoms with Crippen LogP contribution in [0.3, 0.4) is 0 Å². The van der Waals surface area contributed by atoms with Crippen molar-refractivity contribution >= 4 is 5.97 Å². The molecule has 0 radical (unpaired) electrons. The number of rotatable bonds is 8. The Labute approximate surface area is 103 Å². The SMILES string of the molecule is C=C(C)C(=O)OCCCCOCC1CCCO1. The van der Waals surface area contributed by atoms with Crippen molar-refractivity contribution < 1.29 is 19.0 Å². The standard InChI is InChI=1S/C13H22O4/c1-11(2)13(14)17-8-4-3-7-15-10-12-6-5-9-16-12/h12H,1,3-10H2,2H3. The average molecular weight is 242 g/mol. The first kappa shape index (κ1) is 14.2. The molecule has 0 amide bonds. The van der Waals surface area contributed by atoms with Gasteiger partial charge in [0.2, 0.25) is 0 Å². The summed E-state index contributed by atoms with van der Waals surface area (Å²) in [7, 11) is 0. The topological polar surface area (TPSA) is 44.8 Å². The van der Waals surface area contributed by atoms with Gasteiger partial charge in [0.15, 0.2) is 0 Å². The molecule has 0 aromatic rings. The zero-order chi connectivity index (χ0) is 12.5. The fourth-order valence-corrected chi connectivity index (χ4v) is 1.58. The quantitative estimate of drug-likeness (QED) is 0.371. The molecule has 1 fully saturated rings. The molecule has 1 saturated heterocycles. The van der Waals surface area contributed by atoms with Crippen molar-refractivity contribution in [1.29, 1.82) is 0 Å². The lowest BCUT2D eigenvalue weighted by Crippen LogP contribution is -2.14. The molecule has 1 rings (SSSR count). The maximum absolute atomic E-state index is 11.0. The van der Waals surface area contributed by atoms with E-state index >= 15 is 0 Å². The molecular formula is C13H22O4. The summed E-state index contributed by atoms with van der Waals surface area (Å²) in [6.45, 7) is 7.85. The van der Waals surface area contributed by atoms with Gasteiger partial charge in [-0.05, 0) is 32.6 Å². The second-order valence-corrected chi connectivity index (χ2v) is 4.33. The third-order valence-electron chi connectivity index (χ3n) is 2.59. The van der Waals surface area contributed by atoms with Crippen LogP contribution in [0.25, 0.3) is 0 Å². The van der Waals surface area contributed by atoms with Crippen LogP contribution in [0.5, 0.6) is 0 Å². The predicted molar refractivity (Wildman–Crippen MR) is 64.8 cm³/mol. The van der Waals surface area contributed by atoms with E-state index < -0.39 is 0 Å². The molecule has 4 nitrogen and oxygen atoms in total. The summed E-state index contributed by atoms with van der Waals surface area (Å²) in [5, 5.41) is 0. The summed E-state index contributed by atoms with van der Waals surface area (Å²) in [5.41, 5.74) is 0.444. The van der Waals surface area contributed by atoms with Crippen LogP contribution < -0.4 is 0 Å². The zero-order valence-corrected chi connectivity index (χ0v) is 10.6. The van der Waals surface area contributed by atoms with Gasteiger partial charge in [0.1, 0.15) is 0 Å². The summed E-state index contributed by atoms with van der Waals surface area (Å²) >= 11 is 0. The van der Waals surface area contributed by atoms with E-state index in [1.807, 2.05) is 0 Å². The first-order valence-corrected chi connectivity index (χ1v) is 6.22. The van der Waals surface area contributed by atoms with Crippen molar-refractivity contribution in [2.45, 2.75) is 38.7 Å². The molecular weight excluding hydrogens is 220 g/mol. The summed E-state index contributed by atoms with van der Waals surface area (Å²) in [4.78, 5) is 11.0. The van der Waals surface area contributed by atoms with Gasteiger partial charge in [-0.25, -0.2) is 4.79 Å². The van der Waals surface area contributed by atoms with E-state index in [1.54, 1.807) is 6.92 Å². The maximum atomic E-state index is 11.0. The Morgan fingerprint density at radius 1 is 1.41 bits per heavy atom. The fourth-order valence-electron chi connectivity index (χ4n) is 1.58. The van der Waals surface area contributed by atoms with Crippen molar-refractivity contribution in [3.05, 3.63) is 12.2 Å². The van der Waals surface area contributed by atoms with Gasteiger partial charge in [0, 0.05) is 18.8 Å². The molecule has 98 valence electrons. The first-order chi connectivity index (χ1) is 8.20. The van der Waals surface area contributed by atoms with E-state index in [9.17, 15) is 4.79 Å². The van der Waals surface area contributed by atoms with Gasteiger partial charge < -0.3 is 14.2 Å². The molecule has 1 atom stereocenters. The highest BCUT2D eigenvalue weighted by Crippen LogP contribution is 2.11.